The van der Waals surface area contributed by atoms with Crippen LogP contribution in [0.1, 0.15) is 30.4 Å². The lowest BCUT2D eigenvalue weighted by Gasteiger charge is -2.35. The van der Waals surface area contributed by atoms with E-state index in [4.69, 9.17) is 5.73 Å². The molecule has 1 saturated carbocycles. The molecule has 3 aliphatic rings. The molecule has 2 amide bonds. The number of rotatable bonds is 5. The van der Waals surface area contributed by atoms with E-state index in [0.29, 0.717) is 25.2 Å². The molecule has 1 aromatic carbocycles. The highest BCUT2D eigenvalue weighted by Crippen LogP contribution is 2.27. The van der Waals surface area contributed by atoms with Crippen molar-refractivity contribution in [1.29, 1.82) is 0 Å². The molecule has 0 bridgehead atoms. The Morgan fingerprint density at radius 3 is 2.76 bits per heavy atom. The van der Waals surface area contributed by atoms with Crippen LogP contribution in [0.5, 0.6) is 0 Å². The molecule has 0 spiro atoms. The van der Waals surface area contributed by atoms with E-state index in [-0.39, 0.29) is 11.8 Å². The number of hydrogen-bond donors (Lipinski definition) is 4. The summed E-state index contributed by atoms with van der Waals surface area (Å²) >= 11 is 0. The molecule has 176 valence electrons. The van der Waals surface area contributed by atoms with Gasteiger partial charge in [0.2, 0.25) is 0 Å². The molecule has 1 aromatic heterocycles. The summed E-state index contributed by atoms with van der Waals surface area (Å²) in [7, 11) is 0. The van der Waals surface area contributed by atoms with Gasteiger partial charge in [-0.15, -0.1) is 0 Å². The molecule has 2 fully saturated rings. The van der Waals surface area contributed by atoms with Crippen LogP contribution < -0.4 is 27.4 Å². The number of nitrogens with one attached hydrogen (secondary N) is 3. The third-order valence-corrected chi connectivity index (χ3v) is 7.11. The number of nitrogens with zero attached hydrogens (tertiary/aromatic N) is 3. The van der Waals surface area contributed by atoms with Gasteiger partial charge in [-0.05, 0) is 73.9 Å². The maximum absolute atomic E-state index is 12.7. The number of aryl methyl sites for hydroxylation is 1. The molecule has 9 heteroatoms. The van der Waals surface area contributed by atoms with Crippen molar-refractivity contribution in [2.45, 2.75) is 44.2 Å². The second-order valence-corrected chi connectivity index (χ2v) is 9.53. The van der Waals surface area contributed by atoms with Gasteiger partial charge >= 0.3 is 11.7 Å². The zero-order chi connectivity index (χ0) is 22.8. The Morgan fingerprint density at radius 2 is 2.00 bits per heavy atom. The molecule has 1 aliphatic heterocycles. The molecule has 33 heavy (non-hydrogen) atoms. The van der Waals surface area contributed by atoms with Gasteiger partial charge in [0.05, 0.1) is 5.69 Å². The number of carbonyl (C=O) groups is 1. The van der Waals surface area contributed by atoms with Crippen molar-refractivity contribution < 1.29 is 4.79 Å². The lowest BCUT2D eigenvalue weighted by molar-refractivity contribution is 0.204. The fourth-order valence-corrected chi connectivity index (χ4v) is 5.08. The minimum Gasteiger partial charge on any atom is -0.328 e. The topological polar surface area (TPSA) is 117 Å². The van der Waals surface area contributed by atoms with Gasteiger partial charge in [0.25, 0.3) is 0 Å². The molecule has 5 N–H and O–H groups in total. The lowest BCUT2D eigenvalue weighted by Crippen LogP contribution is -2.48. The number of amides is 2. The minimum absolute atomic E-state index is 0.224. The molecule has 2 aromatic rings. The van der Waals surface area contributed by atoms with Gasteiger partial charge in [-0.3, -0.25) is 9.88 Å². The molecule has 5 rings (SSSR count). The van der Waals surface area contributed by atoms with Crippen LogP contribution >= 0.6 is 0 Å². The molecule has 1 saturated heterocycles. The Labute approximate surface area is 193 Å². The van der Waals surface area contributed by atoms with Crippen molar-refractivity contribution in [3.63, 3.8) is 0 Å². The van der Waals surface area contributed by atoms with Crippen molar-refractivity contribution >= 4 is 11.8 Å². The van der Waals surface area contributed by atoms with Gasteiger partial charge in [-0.1, -0.05) is 6.07 Å². The number of nitrogens with two attached hydrogens (primary N) is 1. The summed E-state index contributed by atoms with van der Waals surface area (Å²) in [5, 5.41) is 9.67. The zero-order valence-electron chi connectivity index (χ0n) is 18.9. The van der Waals surface area contributed by atoms with Gasteiger partial charge in [-0.2, -0.15) is 4.98 Å². The molecule has 1 unspecified atom stereocenters. The summed E-state index contributed by atoms with van der Waals surface area (Å²) in [6, 6.07) is 8.56. The highest BCUT2D eigenvalue weighted by molar-refractivity contribution is 5.88. The number of anilines is 1. The summed E-state index contributed by atoms with van der Waals surface area (Å²) in [5.74, 6) is 1.01. The van der Waals surface area contributed by atoms with Crippen LogP contribution in [-0.2, 0) is 12.8 Å². The second-order valence-electron chi connectivity index (χ2n) is 9.53. The first-order chi connectivity index (χ1) is 16.0. The van der Waals surface area contributed by atoms with E-state index < -0.39 is 5.69 Å². The number of piperazine rings is 1. The summed E-state index contributed by atoms with van der Waals surface area (Å²) in [5.41, 5.74) is 8.93. The molecule has 2 aliphatic carbocycles. The first-order valence-electron chi connectivity index (χ1n) is 12.0. The van der Waals surface area contributed by atoms with Crippen LogP contribution in [-0.4, -0.2) is 65.3 Å². The van der Waals surface area contributed by atoms with Crippen molar-refractivity contribution in [1.82, 2.24) is 25.1 Å². The summed E-state index contributed by atoms with van der Waals surface area (Å²) in [6.07, 6.45) is 7.06. The second kappa shape index (κ2) is 9.62. The first-order valence-corrected chi connectivity index (χ1v) is 12.0. The summed E-state index contributed by atoms with van der Waals surface area (Å²) in [4.78, 5) is 30.9. The molecule has 0 radical (unpaired) electrons. The Kier molecular flexibility index (Phi) is 6.43. The van der Waals surface area contributed by atoms with Gasteiger partial charge in [0, 0.05) is 44.5 Å². The number of benzene rings is 1. The van der Waals surface area contributed by atoms with Crippen LogP contribution in [0.2, 0.25) is 0 Å². The Bertz CT molecular complexity index is 1060. The fraction of sp³-hybridized carbons (Fsp3) is 0.542. The highest BCUT2D eigenvalue weighted by Gasteiger charge is 2.27. The van der Waals surface area contributed by atoms with Crippen molar-refractivity contribution in [3.8, 4) is 5.69 Å². The Morgan fingerprint density at radius 1 is 1.18 bits per heavy atom. The van der Waals surface area contributed by atoms with E-state index in [1.807, 2.05) is 6.07 Å². The van der Waals surface area contributed by atoms with E-state index in [1.54, 1.807) is 17.2 Å². The monoisotopic (exact) mass is 451 g/mol. The predicted molar refractivity (Wildman–Crippen MR) is 128 cm³/mol. The van der Waals surface area contributed by atoms with E-state index in [1.165, 1.54) is 15.7 Å². The van der Waals surface area contributed by atoms with Crippen LogP contribution in [0.25, 0.3) is 5.69 Å². The third kappa shape index (κ3) is 5.10. The number of fused-ring (bicyclic) bond motifs is 1. The van der Waals surface area contributed by atoms with Crippen molar-refractivity contribution in [3.05, 3.63) is 52.1 Å². The lowest BCUT2D eigenvalue weighted by atomic mass is 9.80. The molecular formula is C24H33N7O2. The maximum atomic E-state index is 12.7. The van der Waals surface area contributed by atoms with Gasteiger partial charge < -0.3 is 21.3 Å². The number of aromatic nitrogens is 2. The average molecular weight is 452 g/mol. The van der Waals surface area contributed by atoms with E-state index in [0.717, 1.165) is 63.3 Å². The van der Waals surface area contributed by atoms with E-state index in [9.17, 15) is 9.59 Å². The number of hydrogen-bond acceptors (Lipinski definition) is 6. The summed E-state index contributed by atoms with van der Waals surface area (Å²) < 4.78 is 1.53. The van der Waals surface area contributed by atoms with Crippen LogP contribution in [0.4, 0.5) is 10.6 Å². The third-order valence-electron chi connectivity index (χ3n) is 7.11. The van der Waals surface area contributed by atoms with Crippen LogP contribution in [0.15, 0.2) is 35.3 Å². The average Bonchev–Trinajstić information content (AvgIpc) is 2.81. The quantitative estimate of drug-likeness (QED) is 0.536. The largest absolute Gasteiger partial charge is 0.354 e. The predicted octanol–water partition coefficient (Wildman–Crippen LogP) is 0.854. The fourth-order valence-electron chi connectivity index (χ4n) is 5.08. The Balaban J connectivity index is 1.22. The van der Waals surface area contributed by atoms with E-state index >= 15 is 0 Å². The van der Waals surface area contributed by atoms with Gasteiger partial charge in [-0.25, -0.2) is 9.59 Å². The van der Waals surface area contributed by atoms with Gasteiger partial charge in [0.1, 0.15) is 5.82 Å². The van der Waals surface area contributed by atoms with Crippen molar-refractivity contribution in [2.24, 2.45) is 11.7 Å². The Hall–Kier alpha value is -2.75. The zero-order valence-corrected chi connectivity index (χ0v) is 18.9. The van der Waals surface area contributed by atoms with Crippen LogP contribution in [0, 0.1) is 5.92 Å². The molecule has 2 heterocycles. The first kappa shape index (κ1) is 22.1. The van der Waals surface area contributed by atoms with Crippen molar-refractivity contribution in [2.75, 3.05) is 38.0 Å². The molecule has 9 nitrogen and oxygen atoms in total. The standard InChI is InChI=1S/C24H33N7O2/c25-19-11-16(12-19)15-27-20-3-1-18-14-21(4-2-17(18)13-20)31-8-5-22(29-24(31)33)28-23(32)30-9-6-26-7-10-30/h2,4-5,8,14,16,19-20,26-27H,1,3,6-7,9-13,15,25H2,(H,28,29,32,33). The maximum Gasteiger partial charge on any atom is 0.354 e. The number of urea groups is 1. The number of carbonyl (C=O) groups excluding carboxylic acids is 1. The molecule has 1 atom stereocenters. The van der Waals surface area contributed by atoms with Crippen LogP contribution in [0.3, 0.4) is 0 Å². The molecular weight excluding hydrogens is 418 g/mol. The minimum atomic E-state index is -0.401. The van der Waals surface area contributed by atoms with E-state index in [2.05, 4.69) is 33.1 Å². The normalized spacial score (nSPS) is 24.6. The highest BCUT2D eigenvalue weighted by atomic mass is 16.2. The summed E-state index contributed by atoms with van der Waals surface area (Å²) in [6.45, 7) is 3.89. The SMILES string of the molecule is NC1CC(CNC2CCc3cc(-n4ccc(NC(=O)N5CCNCC5)nc4=O)ccc3C2)C1. The van der Waals surface area contributed by atoms with Gasteiger partial charge in [0.15, 0.2) is 0 Å². The smallest absolute Gasteiger partial charge is 0.328 e.